The standard InChI is InChI=1S/C16H9BrN2O2S/c17-11-5-6-13-14(7-11)22-16-18-12(8-19(13)16)9-1-3-10(4-2-9)15(20)21/h1-8H,(H,20,21). The number of halogens is 1. The van der Waals surface area contributed by atoms with Crippen molar-refractivity contribution in [2.75, 3.05) is 0 Å². The molecule has 0 fully saturated rings. The molecule has 4 nitrogen and oxygen atoms in total. The van der Waals surface area contributed by atoms with Gasteiger partial charge in [-0.05, 0) is 30.3 Å². The van der Waals surface area contributed by atoms with Crippen molar-refractivity contribution in [2.24, 2.45) is 0 Å². The Hall–Kier alpha value is -2.18. The zero-order chi connectivity index (χ0) is 15.3. The summed E-state index contributed by atoms with van der Waals surface area (Å²) in [6.45, 7) is 0. The second-order valence-electron chi connectivity index (χ2n) is 4.88. The SMILES string of the molecule is O=C(O)c1ccc(-c2cn3c(n2)sc2cc(Br)ccc23)cc1. The molecule has 1 N–H and O–H groups in total. The van der Waals surface area contributed by atoms with Gasteiger partial charge < -0.3 is 5.11 Å². The van der Waals surface area contributed by atoms with Gasteiger partial charge in [-0.25, -0.2) is 9.78 Å². The molecule has 0 unspecified atom stereocenters. The molecule has 0 saturated heterocycles. The maximum atomic E-state index is 10.9. The maximum absolute atomic E-state index is 10.9. The largest absolute Gasteiger partial charge is 0.478 e. The summed E-state index contributed by atoms with van der Waals surface area (Å²) in [6.07, 6.45) is 1.98. The lowest BCUT2D eigenvalue weighted by Crippen LogP contribution is -1.94. The Bertz CT molecular complexity index is 1020. The van der Waals surface area contributed by atoms with Crippen molar-refractivity contribution in [3.63, 3.8) is 0 Å². The van der Waals surface area contributed by atoms with Crippen LogP contribution in [0.4, 0.5) is 0 Å². The van der Waals surface area contributed by atoms with Crippen LogP contribution in [-0.4, -0.2) is 20.5 Å². The third-order valence-electron chi connectivity index (χ3n) is 3.48. The monoisotopic (exact) mass is 372 g/mol. The molecule has 2 aromatic heterocycles. The zero-order valence-corrected chi connectivity index (χ0v) is 13.6. The van der Waals surface area contributed by atoms with Gasteiger partial charge in [-0.1, -0.05) is 39.4 Å². The van der Waals surface area contributed by atoms with Gasteiger partial charge in [0.05, 0.1) is 21.5 Å². The number of carboxylic acids is 1. The quantitative estimate of drug-likeness (QED) is 0.555. The molecule has 0 atom stereocenters. The summed E-state index contributed by atoms with van der Waals surface area (Å²) in [5, 5.41) is 8.95. The third kappa shape index (κ3) is 2.12. The predicted molar refractivity (Wildman–Crippen MR) is 90.7 cm³/mol. The van der Waals surface area contributed by atoms with Gasteiger partial charge in [0, 0.05) is 16.2 Å². The van der Waals surface area contributed by atoms with Crippen LogP contribution in [0.25, 0.3) is 26.4 Å². The van der Waals surface area contributed by atoms with Crippen LogP contribution in [0, 0.1) is 0 Å². The Morgan fingerprint density at radius 2 is 1.95 bits per heavy atom. The van der Waals surface area contributed by atoms with E-state index in [4.69, 9.17) is 5.11 Å². The number of imidazole rings is 1. The van der Waals surface area contributed by atoms with E-state index in [2.05, 4.69) is 37.4 Å². The molecule has 4 rings (SSSR count). The van der Waals surface area contributed by atoms with Crippen LogP contribution in [0.15, 0.2) is 53.1 Å². The highest BCUT2D eigenvalue weighted by Gasteiger charge is 2.11. The van der Waals surface area contributed by atoms with Crippen LogP contribution < -0.4 is 0 Å². The van der Waals surface area contributed by atoms with Crippen molar-refractivity contribution in [1.82, 2.24) is 9.38 Å². The molecule has 0 saturated carbocycles. The molecule has 0 spiro atoms. The summed E-state index contributed by atoms with van der Waals surface area (Å²) in [5.41, 5.74) is 3.14. The molecule has 0 aliphatic rings. The van der Waals surface area contributed by atoms with E-state index in [1.807, 2.05) is 12.3 Å². The van der Waals surface area contributed by atoms with Crippen molar-refractivity contribution in [3.8, 4) is 11.3 Å². The molecule has 0 aliphatic carbocycles. The number of carboxylic acid groups (broad SMARTS) is 1. The zero-order valence-electron chi connectivity index (χ0n) is 11.2. The minimum absolute atomic E-state index is 0.278. The number of carbonyl (C=O) groups is 1. The normalized spacial score (nSPS) is 11.3. The van der Waals surface area contributed by atoms with Crippen molar-refractivity contribution in [1.29, 1.82) is 0 Å². The number of aromatic carboxylic acids is 1. The molecule has 0 amide bonds. The molecule has 4 aromatic rings. The summed E-state index contributed by atoms with van der Waals surface area (Å²) in [7, 11) is 0. The summed E-state index contributed by atoms with van der Waals surface area (Å²) >= 11 is 5.10. The first-order chi connectivity index (χ1) is 10.6. The molecule has 0 radical (unpaired) electrons. The van der Waals surface area contributed by atoms with E-state index >= 15 is 0 Å². The van der Waals surface area contributed by atoms with Crippen molar-refractivity contribution in [3.05, 3.63) is 58.7 Å². The number of hydrogen-bond donors (Lipinski definition) is 1. The molecule has 0 aliphatic heterocycles. The number of fused-ring (bicyclic) bond motifs is 3. The molecule has 108 valence electrons. The van der Waals surface area contributed by atoms with Crippen LogP contribution >= 0.6 is 27.3 Å². The first kappa shape index (κ1) is 13.5. The van der Waals surface area contributed by atoms with Gasteiger partial charge in [-0.15, -0.1) is 0 Å². The number of hydrogen-bond acceptors (Lipinski definition) is 3. The summed E-state index contributed by atoms with van der Waals surface area (Å²) in [5.74, 6) is -0.922. The second kappa shape index (κ2) is 4.93. The van der Waals surface area contributed by atoms with Gasteiger partial charge in [-0.2, -0.15) is 0 Å². The van der Waals surface area contributed by atoms with Gasteiger partial charge in [0.2, 0.25) is 0 Å². The van der Waals surface area contributed by atoms with E-state index in [0.717, 1.165) is 26.2 Å². The Kier molecular flexibility index (Phi) is 3.02. The van der Waals surface area contributed by atoms with Crippen molar-refractivity contribution >= 4 is 48.4 Å². The lowest BCUT2D eigenvalue weighted by Gasteiger charge is -1.98. The summed E-state index contributed by atoms with van der Waals surface area (Å²) < 4.78 is 4.28. The average molecular weight is 373 g/mol. The fraction of sp³-hybridized carbons (Fsp3) is 0. The van der Waals surface area contributed by atoms with E-state index in [0.29, 0.717) is 0 Å². The summed E-state index contributed by atoms with van der Waals surface area (Å²) in [6, 6.07) is 12.9. The van der Waals surface area contributed by atoms with Gasteiger partial charge in [0.25, 0.3) is 0 Å². The highest BCUT2D eigenvalue weighted by Crippen LogP contribution is 2.31. The highest BCUT2D eigenvalue weighted by atomic mass is 79.9. The minimum Gasteiger partial charge on any atom is -0.478 e. The van der Waals surface area contributed by atoms with Crippen LogP contribution in [0.3, 0.4) is 0 Å². The van der Waals surface area contributed by atoms with Gasteiger partial charge in [0.15, 0.2) is 4.96 Å². The number of thiazole rings is 1. The van der Waals surface area contributed by atoms with E-state index < -0.39 is 5.97 Å². The fourth-order valence-electron chi connectivity index (χ4n) is 2.40. The Morgan fingerprint density at radius 3 is 2.68 bits per heavy atom. The van der Waals surface area contributed by atoms with Crippen LogP contribution in [0.2, 0.25) is 0 Å². The first-order valence-electron chi connectivity index (χ1n) is 6.53. The fourth-order valence-corrected chi connectivity index (χ4v) is 3.96. The lowest BCUT2D eigenvalue weighted by atomic mass is 10.1. The second-order valence-corrected chi connectivity index (χ2v) is 6.80. The molecular weight excluding hydrogens is 364 g/mol. The number of rotatable bonds is 2. The Morgan fingerprint density at radius 1 is 1.18 bits per heavy atom. The van der Waals surface area contributed by atoms with Crippen molar-refractivity contribution in [2.45, 2.75) is 0 Å². The highest BCUT2D eigenvalue weighted by molar-refractivity contribution is 9.10. The molecule has 2 aromatic carbocycles. The van der Waals surface area contributed by atoms with Crippen LogP contribution in [0.1, 0.15) is 10.4 Å². The first-order valence-corrected chi connectivity index (χ1v) is 8.14. The molecule has 2 heterocycles. The summed E-state index contributed by atoms with van der Waals surface area (Å²) in [4.78, 5) is 16.5. The topological polar surface area (TPSA) is 54.6 Å². The smallest absolute Gasteiger partial charge is 0.335 e. The Labute approximate surface area is 137 Å². The minimum atomic E-state index is -0.922. The molecule has 22 heavy (non-hydrogen) atoms. The van der Waals surface area contributed by atoms with E-state index in [9.17, 15) is 4.79 Å². The van der Waals surface area contributed by atoms with E-state index in [1.165, 1.54) is 4.70 Å². The number of benzene rings is 2. The lowest BCUT2D eigenvalue weighted by molar-refractivity contribution is 0.0697. The Balaban J connectivity index is 1.84. The van der Waals surface area contributed by atoms with E-state index in [-0.39, 0.29) is 5.56 Å². The van der Waals surface area contributed by atoms with Crippen LogP contribution in [0.5, 0.6) is 0 Å². The molecule has 6 heteroatoms. The molecular formula is C16H9BrN2O2S. The predicted octanol–water partition coefficient (Wildman–Crippen LogP) is 4.68. The van der Waals surface area contributed by atoms with Crippen LogP contribution in [-0.2, 0) is 0 Å². The van der Waals surface area contributed by atoms with Gasteiger partial charge in [0.1, 0.15) is 0 Å². The average Bonchev–Trinajstić information content (AvgIpc) is 3.04. The van der Waals surface area contributed by atoms with Crippen molar-refractivity contribution < 1.29 is 9.90 Å². The third-order valence-corrected chi connectivity index (χ3v) is 4.99. The molecule has 0 bridgehead atoms. The van der Waals surface area contributed by atoms with E-state index in [1.54, 1.807) is 35.6 Å². The van der Waals surface area contributed by atoms with Gasteiger partial charge >= 0.3 is 5.97 Å². The number of aromatic nitrogens is 2. The number of nitrogens with zero attached hydrogens (tertiary/aromatic N) is 2. The maximum Gasteiger partial charge on any atom is 0.335 e. The van der Waals surface area contributed by atoms with Gasteiger partial charge in [-0.3, -0.25) is 4.40 Å².